The summed E-state index contributed by atoms with van der Waals surface area (Å²) in [5.41, 5.74) is 0.384. The third-order valence-corrected chi connectivity index (χ3v) is 11.3. The molecule has 0 radical (unpaired) electrons. The molecule has 11 heteroatoms. The Hall–Kier alpha value is -6.66. The number of aliphatic hydroxyl groups excluding tert-OH is 1. The first-order chi connectivity index (χ1) is 29.6. The minimum absolute atomic E-state index is 0.123. The Morgan fingerprint density at radius 1 is 0.656 bits per heavy atom. The summed E-state index contributed by atoms with van der Waals surface area (Å²) in [5.74, 6) is -2.54. The molecule has 7 aromatic rings. The van der Waals surface area contributed by atoms with E-state index in [9.17, 15) is 9.90 Å². The number of hydrogen-bond acceptors (Lipinski definition) is 8. The molecule has 61 heavy (non-hydrogen) atoms. The zero-order valence-electron chi connectivity index (χ0n) is 33.8. The molecule has 0 aliphatic carbocycles. The number of nitrogens with zero attached hydrogens (tertiary/aromatic N) is 2. The highest BCUT2D eigenvalue weighted by Gasteiger charge is 2.64. The molecular formula is C50H45F2N3O6. The van der Waals surface area contributed by atoms with E-state index in [1.54, 1.807) is 87.0 Å². The molecule has 6 aromatic carbocycles. The molecule has 0 saturated carbocycles. The first-order valence-electron chi connectivity index (χ1n) is 19.9. The van der Waals surface area contributed by atoms with E-state index in [0.717, 1.165) is 21.3 Å². The predicted molar refractivity (Wildman–Crippen MR) is 229 cm³/mol. The van der Waals surface area contributed by atoms with Gasteiger partial charge in [-0.25, -0.2) is 4.79 Å². The lowest BCUT2D eigenvalue weighted by molar-refractivity contribution is -0.182. The Kier molecular flexibility index (Phi) is 11.5. The lowest BCUT2D eigenvalue weighted by Crippen LogP contribution is -2.50. The third-order valence-electron chi connectivity index (χ3n) is 11.3. The Morgan fingerprint density at radius 2 is 1.07 bits per heavy atom. The zero-order valence-corrected chi connectivity index (χ0v) is 33.8. The number of benzene rings is 6. The van der Waals surface area contributed by atoms with Crippen molar-refractivity contribution in [3.63, 3.8) is 0 Å². The second-order valence-electron chi connectivity index (χ2n) is 14.9. The normalized spacial score (nSPS) is 18.0. The number of anilines is 1. The molecule has 2 N–H and O–H groups in total. The van der Waals surface area contributed by atoms with Crippen LogP contribution in [0, 0.1) is 0 Å². The van der Waals surface area contributed by atoms with E-state index in [1.807, 2.05) is 97.1 Å². The molecule has 0 amide bonds. The molecule has 1 aliphatic heterocycles. The van der Waals surface area contributed by atoms with Gasteiger partial charge >= 0.3 is 11.6 Å². The van der Waals surface area contributed by atoms with Crippen LogP contribution in [-0.2, 0) is 20.6 Å². The minimum Gasteiger partial charge on any atom is -0.497 e. The fourth-order valence-corrected chi connectivity index (χ4v) is 8.29. The van der Waals surface area contributed by atoms with Crippen LogP contribution in [0.15, 0.2) is 187 Å². The van der Waals surface area contributed by atoms with Crippen LogP contribution >= 0.6 is 0 Å². The van der Waals surface area contributed by atoms with Gasteiger partial charge in [0.25, 0.3) is 0 Å². The lowest BCUT2D eigenvalue weighted by Gasteiger charge is -2.40. The fourth-order valence-electron chi connectivity index (χ4n) is 8.29. The average molecular weight is 822 g/mol. The topological polar surface area (TPSA) is 104 Å². The molecular weight excluding hydrogens is 777 g/mol. The largest absolute Gasteiger partial charge is 0.497 e. The van der Waals surface area contributed by atoms with Crippen LogP contribution in [0.4, 0.5) is 14.6 Å². The predicted octanol–water partition coefficient (Wildman–Crippen LogP) is 8.96. The summed E-state index contributed by atoms with van der Waals surface area (Å²) in [6.07, 6.45) is -6.04. The highest BCUT2D eigenvalue weighted by Crippen LogP contribution is 2.51. The molecule has 1 fully saturated rings. The number of methoxy groups -OCH3 is 2. The first kappa shape index (κ1) is 41.1. The highest BCUT2D eigenvalue weighted by atomic mass is 19.3. The van der Waals surface area contributed by atoms with Gasteiger partial charge in [-0.15, -0.1) is 0 Å². The summed E-state index contributed by atoms with van der Waals surface area (Å²) in [6, 6.07) is 53.4. The summed E-state index contributed by atoms with van der Waals surface area (Å²) in [6.45, 7) is 1.36. The summed E-state index contributed by atoms with van der Waals surface area (Å²) in [5, 5.41) is 14.6. The van der Waals surface area contributed by atoms with Crippen molar-refractivity contribution in [1.29, 1.82) is 0 Å². The molecule has 0 spiro atoms. The number of aromatic nitrogens is 2. The number of alkyl halides is 2. The van der Waals surface area contributed by atoms with Gasteiger partial charge in [0.1, 0.15) is 34.6 Å². The van der Waals surface area contributed by atoms with Crippen molar-refractivity contribution in [2.75, 3.05) is 19.5 Å². The molecule has 8 rings (SSSR count). The first-order valence-corrected chi connectivity index (χ1v) is 19.9. The second kappa shape index (κ2) is 17.1. The van der Waals surface area contributed by atoms with Crippen molar-refractivity contribution in [2.45, 2.75) is 48.5 Å². The van der Waals surface area contributed by atoms with Crippen molar-refractivity contribution in [2.24, 2.45) is 0 Å². The highest BCUT2D eigenvalue weighted by molar-refractivity contribution is 5.58. The van der Waals surface area contributed by atoms with Crippen molar-refractivity contribution in [3.8, 4) is 11.5 Å². The van der Waals surface area contributed by atoms with Gasteiger partial charge in [0.2, 0.25) is 6.23 Å². The van der Waals surface area contributed by atoms with Crippen molar-refractivity contribution in [3.05, 3.63) is 226 Å². The summed E-state index contributed by atoms with van der Waals surface area (Å²) < 4.78 is 59.4. The van der Waals surface area contributed by atoms with E-state index in [-0.39, 0.29) is 5.82 Å². The van der Waals surface area contributed by atoms with Gasteiger partial charge in [0, 0.05) is 6.20 Å². The Bertz CT molecular complexity index is 2500. The van der Waals surface area contributed by atoms with Gasteiger partial charge < -0.3 is 29.4 Å². The van der Waals surface area contributed by atoms with Crippen LogP contribution in [0.5, 0.6) is 11.5 Å². The quantitative estimate of drug-likeness (QED) is 0.105. The van der Waals surface area contributed by atoms with E-state index >= 15 is 8.78 Å². The molecule has 4 atom stereocenters. The Labute approximate surface area is 352 Å². The Balaban J connectivity index is 1.22. The van der Waals surface area contributed by atoms with Crippen LogP contribution < -0.4 is 20.5 Å². The van der Waals surface area contributed by atoms with Crippen LogP contribution in [0.3, 0.4) is 0 Å². The molecule has 310 valence electrons. The van der Waals surface area contributed by atoms with Gasteiger partial charge in [-0.2, -0.15) is 13.8 Å². The fraction of sp³-hybridized carbons (Fsp3) is 0.200. The van der Waals surface area contributed by atoms with Crippen molar-refractivity contribution < 1.29 is 32.8 Å². The Morgan fingerprint density at radius 3 is 1.49 bits per heavy atom. The maximum Gasteiger partial charge on any atom is 0.351 e. The number of hydrogen-bond donors (Lipinski definition) is 2. The summed E-state index contributed by atoms with van der Waals surface area (Å²) in [7, 11) is 3.13. The van der Waals surface area contributed by atoms with Gasteiger partial charge in [-0.3, -0.25) is 4.57 Å². The molecule has 9 nitrogen and oxygen atoms in total. The number of nitrogens with one attached hydrogen (secondary N) is 1. The minimum atomic E-state index is -3.88. The van der Waals surface area contributed by atoms with Gasteiger partial charge in [-0.05, 0) is 70.6 Å². The molecule has 1 aromatic heterocycles. The number of halogens is 2. The smallest absolute Gasteiger partial charge is 0.351 e. The third kappa shape index (κ3) is 7.56. The molecule has 2 heterocycles. The summed E-state index contributed by atoms with van der Waals surface area (Å²) in [4.78, 5) is 18.5. The maximum atomic E-state index is 17.4. The monoisotopic (exact) mass is 821 g/mol. The number of ether oxygens (including phenoxy) is 4. The molecule has 0 bridgehead atoms. The van der Waals surface area contributed by atoms with Crippen LogP contribution in [-0.4, -0.2) is 53.1 Å². The van der Waals surface area contributed by atoms with E-state index in [4.69, 9.17) is 18.9 Å². The van der Waals surface area contributed by atoms with E-state index in [1.165, 1.54) is 19.2 Å². The van der Waals surface area contributed by atoms with Crippen LogP contribution in [0.1, 0.15) is 46.5 Å². The lowest BCUT2D eigenvalue weighted by atomic mass is 9.77. The zero-order chi connectivity index (χ0) is 42.6. The number of aliphatic hydroxyl groups is 1. The molecule has 0 unspecified atom stereocenters. The van der Waals surface area contributed by atoms with Gasteiger partial charge in [0.15, 0.2) is 6.10 Å². The number of rotatable bonds is 14. The molecule has 1 aliphatic rings. The SMILES string of the molecule is COc1ccc(C(Nc2ccn([C@@H]3O[C@H]([C@H](C)O)[C@@H](OC(c4ccccc4)(c4ccccc4)c4ccc(OC)cc4)C3(F)F)c(=O)n2)(c2ccccc2)c2ccccc2)cc1. The van der Waals surface area contributed by atoms with E-state index in [0.29, 0.717) is 28.2 Å². The average Bonchev–Trinajstić information content (AvgIpc) is 3.57. The van der Waals surface area contributed by atoms with Gasteiger partial charge in [-0.1, -0.05) is 146 Å². The van der Waals surface area contributed by atoms with Gasteiger partial charge in [0.05, 0.1) is 20.3 Å². The van der Waals surface area contributed by atoms with E-state index < -0.39 is 47.3 Å². The van der Waals surface area contributed by atoms with Crippen LogP contribution in [0.2, 0.25) is 0 Å². The second-order valence-corrected chi connectivity index (χ2v) is 14.9. The summed E-state index contributed by atoms with van der Waals surface area (Å²) >= 11 is 0. The maximum absolute atomic E-state index is 17.4. The van der Waals surface area contributed by atoms with Crippen LogP contribution in [0.25, 0.3) is 0 Å². The molecule has 1 saturated heterocycles. The van der Waals surface area contributed by atoms with Crippen molar-refractivity contribution in [1.82, 2.24) is 9.55 Å². The standard InChI is InChI=1S/C50H45F2N3O6/c1-34(56)44-45(61-49(38-20-12-6-13-21-38,39-22-14-7-15-23-39)40-26-30-42(59-3)31-27-40)50(51,52)46(60-44)55-33-32-43(53-47(55)57)54-48(35-16-8-4-9-17-35,36-18-10-5-11-19-36)37-24-28-41(58-2)29-25-37/h4-34,44-46,56H,1-3H3,(H,53,54,57)/t34-,44+,45+,46+/m0/s1. The van der Waals surface area contributed by atoms with E-state index in [2.05, 4.69) is 10.3 Å². The van der Waals surface area contributed by atoms with Crippen molar-refractivity contribution >= 4 is 5.82 Å².